The van der Waals surface area contributed by atoms with Gasteiger partial charge in [0.1, 0.15) is 0 Å². The van der Waals surface area contributed by atoms with E-state index in [9.17, 15) is 4.79 Å². The zero-order chi connectivity index (χ0) is 10.6. The molecule has 0 saturated heterocycles. The quantitative estimate of drug-likeness (QED) is 0.478. The van der Waals surface area contributed by atoms with Gasteiger partial charge in [-0.05, 0) is 13.0 Å². The molecule has 0 atom stereocenters. The lowest BCUT2D eigenvalue weighted by Gasteiger charge is -1.97. The predicted molar refractivity (Wildman–Crippen MR) is 52.3 cm³/mol. The summed E-state index contributed by atoms with van der Waals surface area (Å²) in [5.74, 6) is 4.31. The number of anilines is 1. The molecule has 0 aliphatic carbocycles. The van der Waals surface area contributed by atoms with Gasteiger partial charge in [-0.15, -0.1) is 0 Å². The lowest BCUT2D eigenvalue weighted by atomic mass is 10.2. The maximum absolute atomic E-state index is 10.7. The van der Waals surface area contributed by atoms with Gasteiger partial charge in [0.05, 0.1) is 18.5 Å². The van der Waals surface area contributed by atoms with Crippen molar-refractivity contribution in [2.75, 3.05) is 12.8 Å². The van der Waals surface area contributed by atoms with Gasteiger partial charge < -0.3 is 10.5 Å². The third-order valence-corrected chi connectivity index (χ3v) is 1.62. The number of nitrogen functional groups attached to an aromatic ring is 1. The average molecular weight is 190 g/mol. The van der Waals surface area contributed by atoms with Gasteiger partial charge in [0.15, 0.2) is 0 Å². The Bertz CT molecular complexity index is 416. The molecule has 2 N–H and O–H groups in total. The topological polar surface area (TPSA) is 65.2 Å². The number of nitrogens with two attached hydrogens (primary N) is 1. The van der Waals surface area contributed by atoms with Crippen LogP contribution in [-0.4, -0.2) is 18.1 Å². The Morgan fingerprint density at radius 3 is 2.93 bits per heavy atom. The summed E-state index contributed by atoms with van der Waals surface area (Å²) in [4.78, 5) is 14.7. The van der Waals surface area contributed by atoms with E-state index in [1.54, 1.807) is 19.2 Å². The molecule has 0 bridgehead atoms. The van der Waals surface area contributed by atoms with Gasteiger partial charge in [0.2, 0.25) is 0 Å². The van der Waals surface area contributed by atoms with E-state index in [2.05, 4.69) is 21.6 Å². The summed E-state index contributed by atoms with van der Waals surface area (Å²) in [6.45, 7) is 1.80. The summed E-state index contributed by atoms with van der Waals surface area (Å²) in [6.07, 6.45) is 1.56. The molecule has 1 aromatic rings. The van der Waals surface area contributed by atoms with Crippen LogP contribution in [-0.2, 0) is 9.53 Å². The van der Waals surface area contributed by atoms with Crippen LogP contribution in [0.5, 0.6) is 0 Å². The van der Waals surface area contributed by atoms with Crippen LogP contribution >= 0.6 is 0 Å². The van der Waals surface area contributed by atoms with E-state index in [4.69, 9.17) is 5.73 Å². The van der Waals surface area contributed by atoms with Crippen molar-refractivity contribution in [2.45, 2.75) is 6.92 Å². The lowest BCUT2D eigenvalue weighted by molar-refractivity contribution is -0.133. The minimum Gasteiger partial charge on any atom is -0.459 e. The molecule has 0 fully saturated rings. The fraction of sp³-hybridized carbons (Fsp3) is 0.200. The molecule has 14 heavy (non-hydrogen) atoms. The maximum atomic E-state index is 10.7. The minimum atomic E-state index is -0.579. The van der Waals surface area contributed by atoms with Crippen molar-refractivity contribution >= 4 is 11.7 Å². The molecule has 0 unspecified atom stereocenters. The first kappa shape index (κ1) is 10.1. The number of esters is 1. The smallest absolute Gasteiger partial charge is 0.384 e. The van der Waals surface area contributed by atoms with Gasteiger partial charge in [0, 0.05) is 17.7 Å². The third-order valence-electron chi connectivity index (χ3n) is 1.62. The molecule has 4 heteroatoms. The van der Waals surface area contributed by atoms with Crippen LogP contribution in [0, 0.1) is 18.8 Å². The number of aromatic nitrogens is 1. The van der Waals surface area contributed by atoms with Crippen LogP contribution in [0.25, 0.3) is 0 Å². The standard InChI is InChI=1S/C10H10N2O2/c1-7-9(11)5-8(6-12-7)3-4-10(13)14-2/h5-6H,11H2,1-2H3. The van der Waals surface area contributed by atoms with E-state index < -0.39 is 5.97 Å². The Labute approximate surface area is 82.1 Å². The fourth-order valence-corrected chi connectivity index (χ4v) is 0.793. The van der Waals surface area contributed by atoms with Gasteiger partial charge in [-0.1, -0.05) is 5.92 Å². The van der Waals surface area contributed by atoms with Crippen LogP contribution in [0.2, 0.25) is 0 Å². The van der Waals surface area contributed by atoms with Crippen molar-refractivity contribution in [3.05, 3.63) is 23.5 Å². The molecule has 4 nitrogen and oxygen atoms in total. The van der Waals surface area contributed by atoms with Gasteiger partial charge in [-0.25, -0.2) is 4.79 Å². The van der Waals surface area contributed by atoms with Crippen molar-refractivity contribution in [1.82, 2.24) is 4.98 Å². The lowest BCUT2D eigenvalue weighted by Crippen LogP contribution is -1.96. The van der Waals surface area contributed by atoms with Gasteiger partial charge >= 0.3 is 5.97 Å². The van der Waals surface area contributed by atoms with Crippen LogP contribution in [0.3, 0.4) is 0 Å². The monoisotopic (exact) mass is 190 g/mol. The van der Waals surface area contributed by atoms with Gasteiger partial charge in [0.25, 0.3) is 0 Å². The predicted octanol–water partition coefficient (Wildman–Crippen LogP) is 0.497. The number of ether oxygens (including phenoxy) is 1. The Morgan fingerprint density at radius 1 is 1.64 bits per heavy atom. The summed E-state index contributed by atoms with van der Waals surface area (Å²) < 4.78 is 4.36. The number of methoxy groups -OCH3 is 1. The fourth-order valence-electron chi connectivity index (χ4n) is 0.793. The Kier molecular flexibility index (Phi) is 3.08. The number of carbonyl (C=O) groups excluding carboxylic acids is 1. The van der Waals surface area contributed by atoms with E-state index in [0.29, 0.717) is 11.3 Å². The molecular weight excluding hydrogens is 180 g/mol. The van der Waals surface area contributed by atoms with Gasteiger partial charge in [-0.3, -0.25) is 4.98 Å². The van der Waals surface area contributed by atoms with E-state index in [1.165, 1.54) is 7.11 Å². The van der Waals surface area contributed by atoms with Crippen molar-refractivity contribution in [1.29, 1.82) is 0 Å². The molecule has 0 aliphatic rings. The van der Waals surface area contributed by atoms with Crippen LogP contribution in [0.4, 0.5) is 5.69 Å². The minimum absolute atomic E-state index is 0.557. The third kappa shape index (κ3) is 2.49. The Balaban J connectivity index is 2.91. The van der Waals surface area contributed by atoms with E-state index in [-0.39, 0.29) is 0 Å². The number of hydrogen-bond acceptors (Lipinski definition) is 4. The van der Waals surface area contributed by atoms with E-state index >= 15 is 0 Å². The molecule has 0 amide bonds. The zero-order valence-corrected chi connectivity index (χ0v) is 8.00. The molecule has 1 heterocycles. The largest absolute Gasteiger partial charge is 0.459 e. The maximum Gasteiger partial charge on any atom is 0.384 e. The molecule has 1 aromatic heterocycles. The summed E-state index contributed by atoms with van der Waals surface area (Å²) in [5.41, 5.74) is 7.51. The second kappa shape index (κ2) is 4.28. The molecule has 0 aromatic carbocycles. The SMILES string of the molecule is COC(=O)C#Cc1cnc(C)c(N)c1. The molecule has 72 valence electrons. The number of hydrogen-bond donors (Lipinski definition) is 1. The highest BCUT2D eigenvalue weighted by atomic mass is 16.5. The highest BCUT2D eigenvalue weighted by Crippen LogP contribution is 2.08. The van der Waals surface area contributed by atoms with Crippen molar-refractivity contribution in [2.24, 2.45) is 0 Å². The average Bonchev–Trinajstić information content (AvgIpc) is 2.19. The second-order valence-electron chi connectivity index (χ2n) is 2.64. The summed E-state index contributed by atoms with van der Waals surface area (Å²) >= 11 is 0. The summed E-state index contributed by atoms with van der Waals surface area (Å²) in [5, 5.41) is 0. The molecular formula is C10H10N2O2. The summed E-state index contributed by atoms with van der Waals surface area (Å²) in [7, 11) is 1.28. The Hall–Kier alpha value is -2.02. The normalized spacial score (nSPS) is 8.71. The first-order valence-corrected chi connectivity index (χ1v) is 3.95. The zero-order valence-electron chi connectivity index (χ0n) is 8.00. The highest BCUT2D eigenvalue weighted by Gasteiger charge is 1.95. The Morgan fingerprint density at radius 2 is 2.36 bits per heavy atom. The molecule has 0 spiro atoms. The van der Waals surface area contributed by atoms with Crippen LogP contribution in [0.15, 0.2) is 12.3 Å². The van der Waals surface area contributed by atoms with Crippen molar-refractivity contribution in [3.8, 4) is 11.8 Å². The van der Waals surface area contributed by atoms with E-state index in [0.717, 1.165) is 5.69 Å². The van der Waals surface area contributed by atoms with Crippen LogP contribution < -0.4 is 5.73 Å². The van der Waals surface area contributed by atoms with Gasteiger partial charge in [-0.2, -0.15) is 0 Å². The summed E-state index contributed by atoms with van der Waals surface area (Å²) in [6, 6.07) is 1.66. The number of pyridine rings is 1. The second-order valence-corrected chi connectivity index (χ2v) is 2.64. The number of aryl methyl sites for hydroxylation is 1. The number of carbonyl (C=O) groups is 1. The molecule has 0 radical (unpaired) electrons. The first-order valence-electron chi connectivity index (χ1n) is 3.95. The van der Waals surface area contributed by atoms with Crippen LogP contribution in [0.1, 0.15) is 11.3 Å². The molecule has 0 saturated carbocycles. The highest BCUT2D eigenvalue weighted by molar-refractivity contribution is 5.89. The first-order chi connectivity index (χ1) is 6.63. The number of nitrogens with zero attached hydrogens (tertiary/aromatic N) is 1. The number of rotatable bonds is 0. The molecule has 0 aliphatic heterocycles. The van der Waals surface area contributed by atoms with E-state index in [1.807, 2.05) is 0 Å². The molecule has 1 rings (SSSR count). The van der Waals surface area contributed by atoms with Crippen molar-refractivity contribution < 1.29 is 9.53 Å². The van der Waals surface area contributed by atoms with Crippen molar-refractivity contribution in [3.63, 3.8) is 0 Å².